The van der Waals surface area contributed by atoms with Crippen LogP contribution in [0.3, 0.4) is 0 Å². The molecule has 1 rings (SSSR count). The second kappa shape index (κ2) is 4.58. The van der Waals surface area contributed by atoms with Crippen LogP contribution < -0.4 is 0 Å². The second-order valence-corrected chi connectivity index (χ2v) is 3.72. The van der Waals surface area contributed by atoms with Crippen LogP contribution in [-0.4, -0.2) is 5.78 Å². The molecule has 0 amide bonds. The Morgan fingerprint density at radius 2 is 2.23 bits per heavy atom. The van der Waals surface area contributed by atoms with Gasteiger partial charge in [-0.25, -0.2) is 0 Å². The molecule has 0 saturated carbocycles. The van der Waals surface area contributed by atoms with Gasteiger partial charge in [0.05, 0.1) is 10.6 Å². The summed E-state index contributed by atoms with van der Waals surface area (Å²) in [6, 6.07) is 5.28. The minimum Gasteiger partial charge on any atom is -0.289 e. The lowest BCUT2D eigenvalue weighted by Gasteiger charge is -2.01. The number of carbonyl (C=O) groups is 1. The second-order valence-electron chi connectivity index (χ2n) is 2.46. The third kappa shape index (κ3) is 2.42. The fourth-order valence-corrected chi connectivity index (χ4v) is 1.91. The molecule has 0 atom stereocenters. The van der Waals surface area contributed by atoms with E-state index in [0.717, 1.165) is 4.47 Å². The van der Waals surface area contributed by atoms with Gasteiger partial charge in [-0.1, -0.05) is 23.7 Å². The Hall–Kier alpha value is -0.600. The molecule has 0 aliphatic rings. The molecular formula is C10H8BrClO. The van der Waals surface area contributed by atoms with Crippen LogP contribution in [0.1, 0.15) is 17.3 Å². The Kier molecular flexibility index (Phi) is 3.70. The largest absolute Gasteiger partial charge is 0.289 e. The minimum absolute atomic E-state index is 0.0834. The molecule has 1 aromatic rings. The van der Waals surface area contributed by atoms with Crippen LogP contribution in [0.2, 0.25) is 5.02 Å². The van der Waals surface area contributed by atoms with E-state index in [1.807, 2.05) is 0 Å². The van der Waals surface area contributed by atoms with E-state index in [2.05, 4.69) is 15.9 Å². The topological polar surface area (TPSA) is 17.1 Å². The molecule has 0 bridgehead atoms. The van der Waals surface area contributed by atoms with Crippen molar-refractivity contribution in [2.45, 2.75) is 6.92 Å². The Morgan fingerprint density at radius 1 is 1.54 bits per heavy atom. The van der Waals surface area contributed by atoms with E-state index in [1.165, 1.54) is 6.08 Å². The zero-order valence-electron chi connectivity index (χ0n) is 7.05. The maximum absolute atomic E-state index is 11.5. The molecule has 0 aliphatic heterocycles. The molecule has 0 aliphatic carbocycles. The van der Waals surface area contributed by atoms with E-state index in [9.17, 15) is 4.79 Å². The molecule has 0 spiro atoms. The van der Waals surface area contributed by atoms with Gasteiger partial charge in [-0.05, 0) is 41.1 Å². The van der Waals surface area contributed by atoms with Gasteiger partial charge in [-0.3, -0.25) is 4.79 Å². The molecule has 1 nitrogen and oxygen atoms in total. The number of hydrogen-bond acceptors (Lipinski definition) is 1. The third-order valence-electron chi connectivity index (χ3n) is 1.53. The number of carbonyl (C=O) groups excluding carboxylic acids is 1. The number of ketones is 1. The Balaban J connectivity index is 3.20. The molecule has 0 fully saturated rings. The number of allylic oxidation sites excluding steroid dienone is 2. The summed E-state index contributed by atoms with van der Waals surface area (Å²) in [5.41, 5.74) is 0.516. The SMILES string of the molecule is C/C=C/C(=O)c1c(Cl)cccc1Br. The van der Waals surface area contributed by atoms with E-state index >= 15 is 0 Å². The Bertz CT molecular complexity index is 338. The van der Waals surface area contributed by atoms with E-state index in [4.69, 9.17) is 11.6 Å². The summed E-state index contributed by atoms with van der Waals surface area (Å²) in [6.45, 7) is 1.79. The standard InChI is InChI=1S/C10H8BrClO/c1-2-4-9(13)10-7(11)5-3-6-8(10)12/h2-6H,1H3/b4-2+. The van der Waals surface area contributed by atoms with Crippen molar-refractivity contribution in [2.75, 3.05) is 0 Å². The first-order chi connectivity index (χ1) is 6.16. The zero-order valence-corrected chi connectivity index (χ0v) is 9.39. The molecule has 0 saturated heterocycles. The van der Waals surface area contributed by atoms with Crippen molar-refractivity contribution >= 4 is 33.3 Å². The lowest BCUT2D eigenvalue weighted by molar-refractivity contribution is 0.104. The average molecular weight is 260 g/mol. The van der Waals surface area contributed by atoms with Crippen LogP contribution in [0.25, 0.3) is 0 Å². The van der Waals surface area contributed by atoms with Crippen LogP contribution in [0.4, 0.5) is 0 Å². The fourth-order valence-electron chi connectivity index (χ4n) is 0.968. The van der Waals surface area contributed by atoms with Gasteiger partial charge in [0.2, 0.25) is 0 Å². The highest BCUT2D eigenvalue weighted by Gasteiger charge is 2.10. The van der Waals surface area contributed by atoms with Crippen molar-refractivity contribution in [1.29, 1.82) is 0 Å². The highest BCUT2D eigenvalue weighted by molar-refractivity contribution is 9.10. The van der Waals surface area contributed by atoms with Crippen molar-refractivity contribution in [3.8, 4) is 0 Å². The molecule has 1 aromatic carbocycles. The highest BCUT2D eigenvalue weighted by atomic mass is 79.9. The summed E-state index contributed by atoms with van der Waals surface area (Å²) in [5.74, 6) is -0.0834. The van der Waals surface area contributed by atoms with Crippen molar-refractivity contribution in [1.82, 2.24) is 0 Å². The van der Waals surface area contributed by atoms with E-state index in [-0.39, 0.29) is 5.78 Å². The van der Waals surface area contributed by atoms with Gasteiger partial charge in [-0.15, -0.1) is 0 Å². The maximum Gasteiger partial charge on any atom is 0.188 e. The molecule has 0 heterocycles. The average Bonchev–Trinajstić information content (AvgIpc) is 2.04. The van der Waals surface area contributed by atoms with E-state index in [0.29, 0.717) is 10.6 Å². The molecule has 0 N–H and O–H groups in total. The first kappa shape index (κ1) is 10.5. The first-order valence-electron chi connectivity index (χ1n) is 3.78. The van der Waals surface area contributed by atoms with E-state index < -0.39 is 0 Å². The lowest BCUT2D eigenvalue weighted by atomic mass is 10.1. The molecule has 0 unspecified atom stereocenters. The number of benzene rings is 1. The van der Waals surface area contributed by atoms with Crippen molar-refractivity contribution in [2.24, 2.45) is 0 Å². The van der Waals surface area contributed by atoms with Gasteiger partial charge in [0, 0.05) is 4.47 Å². The van der Waals surface area contributed by atoms with Gasteiger partial charge >= 0.3 is 0 Å². The van der Waals surface area contributed by atoms with Crippen molar-refractivity contribution in [3.63, 3.8) is 0 Å². The first-order valence-corrected chi connectivity index (χ1v) is 4.95. The maximum atomic E-state index is 11.5. The molecular weight excluding hydrogens is 251 g/mol. The fraction of sp³-hybridized carbons (Fsp3) is 0.100. The van der Waals surface area contributed by atoms with Crippen molar-refractivity contribution < 1.29 is 4.79 Å². The number of halogens is 2. The lowest BCUT2D eigenvalue weighted by Crippen LogP contribution is -1.96. The minimum atomic E-state index is -0.0834. The summed E-state index contributed by atoms with van der Waals surface area (Å²) in [4.78, 5) is 11.5. The van der Waals surface area contributed by atoms with Gasteiger partial charge < -0.3 is 0 Å². The Labute approximate surface area is 90.5 Å². The predicted molar refractivity (Wildman–Crippen MR) is 58.3 cm³/mol. The van der Waals surface area contributed by atoms with Gasteiger partial charge in [0.1, 0.15) is 0 Å². The smallest absolute Gasteiger partial charge is 0.188 e. The zero-order chi connectivity index (χ0) is 9.84. The summed E-state index contributed by atoms with van der Waals surface area (Å²) in [6.07, 6.45) is 3.18. The van der Waals surface area contributed by atoms with Gasteiger partial charge in [0.25, 0.3) is 0 Å². The molecule has 3 heteroatoms. The Morgan fingerprint density at radius 3 is 2.77 bits per heavy atom. The monoisotopic (exact) mass is 258 g/mol. The number of hydrogen-bond donors (Lipinski definition) is 0. The van der Waals surface area contributed by atoms with Crippen LogP contribution in [0, 0.1) is 0 Å². The molecule has 0 radical (unpaired) electrons. The predicted octanol–water partition coefficient (Wildman–Crippen LogP) is 3.86. The normalized spacial score (nSPS) is 10.7. The van der Waals surface area contributed by atoms with Crippen LogP contribution >= 0.6 is 27.5 Å². The van der Waals surface area contributed by atoms with Crippen LogP contribution in [0.5, 0.6) is 0 Å². The van der Waals surface area contributed by atoms with Crippen LogP contribution in [0.15, 0.2) is 34.8 Å². The number of rotatable bonds is 2. The molecule has 13 heavy (non-hydrogen) atoms. The van der Waals surface area contributed by atoms with Crippen LogP contribution in [-0.2, 0) is 0 Å². The summed E-state index contributed by atoms with van der Waals surface area (Å²) >= 11 is 9.15. The van der Waals surface area contributed by atoms with E-state index in [1.54, 1.807) is 31.2 Å². The molecule has 68 valence electrons. The summed E-state index contributed by atoms with van der Waals surface area (Å²) in [7, 11) is 0. The van der Waals surface area contributed by atoms with Crippen molar-refractivity contribution in [3.05, 3.63) is 45.4 Å². The summed E-state index contributed by atoms with van der Waals surface area (Å²) < 4.78 is 0.725. The van der Waals surface area contributed by atoms with Gasteiger partial charge in [0.15, 0.2) is 5.78 Å². The highest BCUT2D eigenvalue weighted by Crippen LogP contribution is 2.25. The summed E-state index contributed by atoms with van der Waals surface area (Å²) in [5, 5.41) is 0.470. The third-order valence-corrected chi connectivity index (χ3v) is 2.50. The molecule has 0 aromatic heterocycles. The van der Waals surface area contributed by atoms with Gasteiger partial charge in [-0.2, -0.15) is 0 Å². The quantitative estimate of drug-likeness (QED) is 0.582.